The van der Waals surface area contributed by atoms with Crippen molar-refractivity contribution in [3.05, 3.63) is 94.0 Å². The van der Waals surface area contributed by atoms with Gasteiger partial charge < -0.3 is 14.8 Å². The molecule has 0 saturated heterocycles. The van der Waals surface area contributed by atoms with E-state index in [4.69, 9.17) is 9.47 Å². The van der Waals surface area contributed by atoms with Gasteiger partial charge in [0.25, 0.3) is 5.91 Å². The van der Waals surface area contributed by atoms with Crippen molar-refractivity contribution in [1.82, 2.24) is 0 Å². The summed E-state index contributed by atoms with van der Waals surface area (Å²) in [6, 6.07) is 22.2. The number of rotatable bonds is 6. The van der Waals surface area contributed by atoms with E-state index in [0.717, 1.165) is 0 Å². The third kappa shape index (κ3) is 5.81. The number of benzene rings is 3. The summed E-state index contributed by atoms with van der Waals surface area (Å²) in [4.78, 5) is 24.7. The zero-order valence-electron chi connectivity index (χ0n) is 16.5. The Hall–Kier alpha value is -3.89. The average molecular weight is 477 g/mol. The Balaban J connectivity index is 1.70. The van der Waals surface area contributed by atoms with Gasteiger partial charge in [-0.25, -0.2) is 4.79 Å². The first-order valence-corrected chi connectivity index (χ1v) is 9.93. The van der Waals surface area contributed by atoms with Crippen LogP contribution in [0.3, 0.4) is 0 Å². The lowest BCUT2D eigenvalue weighted by Gasteiger charge is -2.07. The number of nitrogens with zero attached hydrogens (tertiary/aromatic N) is 1. The van der Waals surface area contributed by atoms with E-state index in [1.165, 1.54) is 13.2 Å². The van der Waals surface area contributed by atoms with E-state index in [-0.39, 0.29) is 5.57 Å². The molecule has 0 atom stereocenters. The molecule has 0 heterocycles. The van der Waals surface area contributed by atoms with Crippen molar-refractivity contribution < 1.29 is 19.1 Å². The Morgan fingerprint density at radius 3 is 2.42 bits per heavy atom. The minimum atomic E-state index is -0.541. The first-order chi connectivity index (χ1) is 15.0. The lowest BCUT2D eigenvalue weighted by molar-refractivity contribution is -0.112. The van der Waals surface area contributed by atoms with E-state index < -0.39 is 11.9 Å². The number of hydrogen-bond donors (Lipinski definition) is 1. The van der Waals surface area contributed by atoms with Crippen molar-refractivity contribution in [2.75, 3.05) is 12.4 Å². The number of ether oxygens (including phenoxy) is 2. The summed E-state index contributed by atoms with van der Waals surface area (Å²) in [7, 11) is 1.53. The normalized spacial score (nSPS) is 10.7. The molecule has 0 saturated carbocycles. The van der Waals surface area contributed by atoms with Gasteiger partial charge in [0.15, 0.2) is 0 Å². The summed E-state index contributed by atoms with van der Waals surface area (Å²) in [6.45, 7) is 0. The number of anilines is 1. The molecule has 0 fully saturated rings. The standard InChI is InChI=1S/C24H17BrN2O4/c1-30-20-6-4-5-18(14-20)27-23(28)17(15-26)13-16-9-11-19(12-10-16)31-24(29)21-7-2-3-8-22(21)25/h2-14H,1H3,(H,27,28)/b17-13+. The minimum absolute atomic E-state index is 0.0687. The molecule has 0 bridgehead atoms. The molecule has 0 aliphatic heterocycles. The number of nitriles is 1. The second-order valence-electron chi connectivity index (χ2n) is 6.29. The van der Waals surface area contributed by atoms with E-state index in [9.17, 15) is 14.9 Å². The number of amides is 1. The molecule has 3 rings (SSSR count). The van der Waals surface area contributed by atoms with Crippen LogP contribution in [0.1, 0.15) is 15.9 Å². The second kappa shape index (κ2) is 10.2. The maximum Gasteiger partial charge on any atom is 0.344 e. The topological polar surface area (TPSA) is 88.4 Å². The zero-order chi connectivity index (χ0) is 22.2. The fourth-order valence-electron chi connectivity index (χ4n) is 2.64. The maximum atomic E-state index is 12.4. The highest BCUT2D eigenvalue weighted by atomic mass is 79.9. The van der Waals surface area contributed by atoms with Crippen molar-refractivity contribution in [2.45, 2.75) is 0 Å². The number of nitrogens with one attached hydrogen (secondary N) is 1. The molecule has 0 radical (unpaired) electrons. The van der Waals surface area contributed by atoms with Crippen LogP contribution >= 0.6 is 15.9 Å². The quantitative estimate of drug-likeness (QED) is 0.228. The molecular formula is C24H17BrN2O4. The van der Waals surface area contributed by atoms with E-state index in [1.54, 1.807) is 72.8 Å². The number of methoxy groups -OCH3 is 1. The highest BCUT2D eigenvalue weighted by molar-refractivity contribution is 9.10. The molecule has 0 unspecified atom stereocenters. The number of esters is 1. The van der Waals surface area contributed by atoms with Gasteiger partial charge in [0, 0.05) is 16.2 Å². The molecule has 0 aromatic heterocycles. The summed E-state index contributed by atoms with van der Waals surface area (Å²) in [6.07, 6.45) is 1.45. The molecule has 1 amide bonds. The fraction of sp³-hybridized carbons (Fsp3) is 0.0417. The predicted molar refractivity (Wildman–Crippen MR) is 121 cm³/mol. The fourth-order valence-corrected chi connectivity index (χ4v) is 3.08. The molecule has 3 aromatic carbocycles. The van der Waals surface area contributed by atoms with Gasteiger partial charge in [-0.3, -0.25) is 4.79 Å². The van der Waals surface area contributed by atoms with Crippen molar-refractivity contribution >= 4 is 39.6 Å². The number of carbonyl (C=O) groups is 2. The predicted octanol–water partition coefficient (Wildman–Crippen LogP) is 5.22. The first kappa shape index (κ1) is 21.8. The third-order valence-corrected chi connectivity index (χ3v) is 4.88. The summed E-state index contributed by atoms with van der Waals surface area (Å²) in [5.74, 6) is -0.100. The van der Waals surface area contributed by atoms with Crippen molar-refractivity contribution in [3.8, 4) is 17.6 Å². The molecule has 0 spiro atoms. The Labute approximate surface area is 187 Å². The summed E-state index contributed by atoms with van der Waals surface area (Å²) < 4.78 is 11.1. The smallest absolute Gasteiger partial charge is 0.344 e. The molecule has 6 nitrogen and oxygen atoms in total. The van der Waals surface area contributed by atoms with Gasteiger partial charge in [-0.1, -0.05) is 30.3 Å². The monoisotopic (exact) mass is 476 g/mol. The van der Waals surface area contributed by atoms with Gasteiger partial charge in [0.2, 0.25) is 0 Å². The van der Waals surface area contributed by atoms with Gasteiger partial charge >= 0.3 is 5.97 Å². The Bertz CT molecular complexity index is 1180. The average Bonchev–Trinajstić information content (AvgIpc) is 2.78. The van der Waals surface area contributed by atoms with E-state index in [2.05, 4.69) is 21.2 Å². The van der Waals surface area contributed by atoms with Gasteiger partial charge in [-0.2, -0.15) is 5.26 Å². The van der Waals surface area contributed by atoms with Crippen LogP contribution in [-0.4, -0.2) is 19.0 Å². The van der Waals surface area contributed by atoms with Gasteiger partial charge in [-0.05, 0) is 64.0 Å². The highest BCUT2D eigenvalue weighted by Gasteiger charge is 2.13. The van der Waals surface area contributed by atoms with Crippen LogP contribution in [-0.2, 0) is 4.79 Å². The lowest BCUT2D eigenvalue weighted by atomic mass is 10.1. The summed E-state index contributed by atoms with van der Waals surface area (Å²) in [5.41, 5.74) is 1.46. The Kier molecular flexibility index (Phi) is 7.20. The van der Waals surface area contributed by atoms with Gasteiger partial charge in [0.05, 0.1) is 12.7 Å². The zero-order valence-corrected chi connectivity index (χ0v) is 18.0. The molecule has 3 aromatic rings. The van der Waals surface area contributed by atoms with E-state index in [0.29, 0.717) is 32.8 Å². The van der Waals surface area contributed by atoms with Crippen LogP contribution in [0.25, 0.3) is 6.08 Å². The third-order valence-electron chi connectivity index (χ3n) is 4.19. The minimum Gasteiger partial charge on any atom is -0.497 e. The van der Waals surface area contributed by atoms with Crippen LogP contribution in [0, 0.1) is 11.3 Å². The molecule has 0 aliphatic rings. The number of carbonyl (C=O) groups excluding carboxylic acids is 2. The summed E-state index contributed by atoms with van der Waals surface area (Å²) in [5, 5.41) is 12.0. The first-order valence-electron chi connectivity index (χ1n) is 9.14. The van der Waals surface area contributed by atoms with Gasteiger partial charge in [0.1, 0.15) is 23.1 Å². The van der Waals surface area contributed by atoms with Crippen molar-refractivity contribution in [2.24, 2.45) is 0 Å². The van der Waals surface area contributed by atoms with Crippen molar-refractivity contribution in [3.63, 3.8) is 0 Å². The SMILES string of the molecule is COc1cccc(NC(=O)/C(C#N)=C/c2ccc(OC(=O)c3ccccc3Br)cc2)c1. The molecule has 31 heavy (non-hydrogen) atoms. The van der Waals surface area contributed by atoms with Crippen LogP contribution < -0.4 is 14.8 Å². The van der Waals surface area contributed by atoms with E-state index in [1.807, 2.05) is 6.07 Å². The number of halogens is 1. The van der Waals surface area contributed by atoms with Crippen LogP contribution in [0.2, 0.25) is 0 Å². The van der Waals surface area contributed by atoms with Crippen LogP contribution in [0.5, 0.6) is 11.5 Å². The largest absolute Gasteiger partial charge is 0.497 e. The van der Waals surface area contributed by atoms with Crippen LogP contribution in [0.15, 0.2) is 82.8 Å². The Morgan fingerprint density at radius 1 is 1.00 bits per heavy atom. The van der Waals surface area contributed by atoms with Crippen LogP contribution in [0.4, 0.5) is 5.69 Å². The molecule has 0 aliphatic carbocycles. The second-order valence-corrected chi connectivity index (χ2v) is 7.15. The van der Waals surface area contributed by atoms with E-state index >= 15 is 0 Å². The highest BCUT2D eigenvalue weighted by Crippen LogP contribution is 2.21. The molecule has 154 valence electrons. The Morgan fingerprint density at radius 2 is 1.74 bits per heavy atom. The lowest BCUT2D eigenvalue weighted by Crippen LogP contribution is -2.13. The maximum absolute atomic E-state index is 12.4. The summed E-state index contributed by atoms with van der Waals surface area (Å²) >= 11 is 3.32. The molecule has 1 N–H and O–H groups in total. The van der Waals surface area contributed by atoms with Gasteiger partial charge in [-0.15, -0.1) is 0 Å². The van der Waals surface area contributed by atoms with Crippen molar-refractivity contribution in [1.29, 1.82) is 5.26 Å². The molecular weight excluding hydrogens is 460 g/mol. The molecule has 7 heteroatoms. The number of hydrogen-bond acceptors (Lipinski definition) is 5.